The van der Waals surface area contributed by atoms with Gasteiger partial charge in [-0.15, -0.1) is 0 Å². The van der Waals surface area contributed by atoms with Crippen molar-refractivity contribution in [2.24, 2.45) is 4.99 Å². The fraction of sp³-hybridized carbons (Fsp3) is 0.375. The van der Waals surface area contributed by atoms with E-state index in [1.165, 1.54) is 5.57 Å². The van der Waals surface area contributed by atoms with Gasteiger partial charge in [-0.3, -0.25) is 4.99 Å². The van der Waals surface area contributed by atoms with E-state index in [0.29, 0.717) is 0 Å². The van der Waals surface area contributed by atoms with E-state index >= 15 is 0 Å². The van der Waals surface area contributed by atoms with Crippen molar-refractivity contribution in [3.05, 3.63) is 23.9 Å². The highest BCUT2D eigenvalue weighted by molar-refractivity contribution is 5.72. The summed E-state index contributed by atoms with van der Waals surface area (Å²) >= 11 is 0. The highest BCUT2D eigenvalue weighted by Crippen LogP contribution is 1.89. The molecule has 0 aromatic heterocycles. The van der Waals surface area contributed by atoms with Gasteiger partial charge in [-0.05, 0) is 13.0 Å². The fourth-order valence-electron chi connectivity index (χ4n) is 0.745. The van der Waals surface area contributed by atoms with Gasteiger partial charge in [0.2, 0.25) is 0 Å². The summed E-state index contributed by atoms with van der Waals surface area (Å²) in [6.07, 6.45) is 7.65. The Kier molecular flexibility index (Phi) is 2.90. The van der Waals surface area contributed by atoms with Gasteiger partial charge in [0.1, 0.15) is 0 Å². The minimum Gasteiger partial charge on any atom is -0.309 e. The van der Waals surface area contributed by atoms with E-state index in [1.807, 2.05) is 24.6 Å². The maximum absolute atomic E-state index is 4.02. The minimum atomic E-state index is 0.905. The van der Waals surface area contributed by atoms with E-state index in [9.17, 15) is 0 Å². The van der Waals surface area contributed by atoms with Crippen LogP contribution in [-0.2, 0) is 0 Å². The van der Waals surface area contributed by atoms with E-state index in [1.54, 1.807) is 0 Å². The highest BCUT2D eigenvalue weighted by atomic mass is 14.8. The van der Waals surface area contributed by atoms with E-state index in [2.05, 4.69) is 17.2 Å². The van der Waals surface area contributed by atoms with Crippen molar-refractivity contribution >= 4 is 6.21 Å². The van der Waals surface area contributed by atoms with Crippen LogP contribution in [0.1, 0.15) is 6.92 Å². The lowest BCUT2D eigenvalue weighted by Crippen LogP contribution is -2.15. The van der Waals surface area contributed by atoms with E-state index in [0.717, 1.165) is 13.1 Å². The Bertz CT molecular complexity index is 178. The summed E-state index contributed by atoms with van der Waals surface area (Å²) in [4.78, 5) is 4.02. The SMILES string of the molecule is C\C1=C/C=N\C=C/CNC1. The first-order valence-electron chi connectivity index (χ1n) is 3.44. The number of nitrogens with zero attached hydrogens (tertiary/aromatic N) is 1. The van der Waals surface area contributed by atoms with Crippen molar-refractivity contribution in [1.82, 2.24) is 5.32 Å². The van der Waals surface area contributed by atoms with E-state index < -0.39 is 0 Å². The van der Waals surface area contributed by atoms with Crippen LogP contribution in [-0.4, -0.2) is 19.3 Å². The fourth-order valence-corrected chi connectivity index (χ4v) is 0.745. The quantitative estimate of drug-likeness (QED) is 0.530. The van der Waals surface area contributed by atoms with Gasteiger partial charge >= 0.3 is 0 Å². The Hall–Kier alpha value is -0.890. The third kappa shape index (κ3) is 2.60. The van der Waals surface area contributed by atoms with Crippen molar-refractivity contribution in [3.63, 3.8) is 0 Å². The first-order valence-corrected chi connectivity index (χ1v) is 3.44. The molecule has 0 saturated carbocycles. The Labute approximate surface area is 61.4 Å². The summed E-state index contributed by atoms with van der Waals surface area (Å²) in [7, 11) is 0. The first kappa shape index (κ1) is 7.22. The van der Waals surface area contributed by atoms with Crippen LogP contribution in [0.2, 0.25) is 0 Å². The van der Waals surface area contributed by atoms with Gasteiger partial charge in [-0.2, -0.15) is 0 Å². The Morgan fingerprint density at radius 1 is 1.60 bits per heavy atom. The number of nitrogens with one attached hydrogen (secondary N) is 1. The molecule has 0 aromatic carbocycles. The normalized spacial score (nSPS) is 30.7. The number of hydrogen-bond acceptors (Lipinski definition) is 2. The van der Waals surface area contributed by atoms with Crippen LogP contribution in [0.4, 0.5) is 0 Å². The molecule has 0 unspecified atom stereocenters. The van der Waals surface area contributed by atoms with Crippen molar-refractivity contribution in [3.8, 4) is 0 Å². The molecule has 1 aliphatic heterocycles. The summed E-state index contributed by atoms with van der Waals surface area (Å²) < 4.78 is 0. The summed E-state index contributed by atoms with van der Waals surface area (Å²) in [5.74, 6) is 0. The summed E-state index contributed by atoms with van der Waals surface area (Å²) in [6.45, 7) is 3.95. The molecular formula is C8H12N2. The maximum Gasteiger partial charge on any atom is 0.0267 e. The second kappa shape index (κ2) is 4.01. The third-order valence-electron chi connectivity index (χ3n) is 1.30. The van der Waals surface area contributed by atoms with Gasteiger partial charge in [0.05, 0.1) is 0 Å². The van der Waals surface area contributed by atoms with Gasteiger partial charge in [-0.25, -0.2) is 0 Å². The molecule has 0 aromatic rings. The van der Waals surface area contributed by atoms with Crippen LogP contribution >= 0.6 is 0 Å². The zero-order valence-corrected chi connectivity index (χ0v) is 6.17. The second-order valence-electron chi connectivity index (χ2n) is 2.33. The lowest BCUT2D eigenvalue weighted by Gasteiger charge is -1.98. The monoisotopic (exact) mass is 136 g/mol. The molecule has 1 rings (SSSR count). The predicted molar refractivity (Wildman–Crippen MR) is 44.3 cm³/mol. The number of rotatable bonds is 0. The second-order valence-corrected chi connectivity index (χ2v) is 2.33. The molecular weight excluding hydrogens is 124 g/mol. The zero-order valence-electron chi connectivity index (χ0n) is 6.17. The lowest BCUT2D eigenvalue weighted by atomic mass is 10.3. The van der Waals surface area contributed by atoms with Crippen LogP contribution in [0.5, 0.6) is 0 Å². The highest BCUT2D eigenvalue weighted by Gasteiger charge is 1.86. The van der Waals surface area contributed by atoms with Crippen LogP contribution in [0.3, 0.4) is 0 Å². The molecule has 2 heteroatoms. The van der Waals surface area contributed by atoms with Gasteiger partial charge in [0, 0.05) is 25.5 Å². The van der Waals surface area contributed by atoms with Crippen LogP contribution in [0.25, 0.3) is 0 Å². The van der Waals surface area contributed by atoms with Crippen molar-refractivity contribution < 1.29 is 0 Å². The number of allylic oxidation sites excluding steroid dienone is 1. The average molecular weight is 136 g/mol. The molecule has 0 bridgehead atoms. The van der Waals surface area contributed by atoms with Crippen molar-refractivity contribution in [1.29, 1.82) is 0 Å². The first-order chi connectivity index (χ1) is 4.89. The molecule has 0 aliphatic carbocycles. The maximum atomic E-state index is 4.02. The molecule has 10 heavy (non-hydrogen) atoms. The van der Waals surface area contributed by atoms with Crippen molar-refractivity contribution in [2.45, 2.75) is 6.92 Å². The largest absolute Gasteiger partial charge is 0.309 e. The molecule has 54 valence electrons. The molecule has 1 heterocycles. The zero-order chi connectivity index (χ0) is 7.23. The smallest absolute Gasteiger partial charge is 0.0267 e. The molecule has 0 radical (unpaired) electrons. The molecule has 0 saturated heterocycles. The Morgan fingerprint density at radius 2 is 2.50 bits per heavy atom. The van der Waals surface area contributed by atoms with Gasteiger partial charge < -0.3 is 5.32 Å². The topological polar surface area (TPSA) is 24.4 Å². The van der Waals surface area contributed by atoms with Crippen LogP contribution in [0, 0.1) is 0 Å². The minimum absolute atomic E-state index is 0.905. The van der Waals surface area contributed by atoms with E-state index in [-0.39, 0.29) is 0 Å². The summed E-state index contributed by atoms with van der Waals surface area (Å²) in [5.41, 5.74) is 1.31. The van der Waals surface area contributed by atoms with Crippen LogP contribution in [0.15, 0.2) is 28.9 Å². The molecule has 0 atom stereocenters. The molecule has 0 fully saturated rings. The van der Waals surface area contributed by atoms with Gasteiger partial charge in [0.25, 0.3) is 0 Å². The third-order valence-corrected chi connectivity index (χ3v) is 1.30. The number of hydrogen-bond donors (Lipinski definition) is 1. The molecule has 0 spiro atoms. The standard InChI is InChI=1S/C8H12N2/c1-8-3-6-9-4-2-5-10-7-8/h2-4,6,10H,5,7H2,1H3/b4-2-,8-3+,9-6-. The predicted octanol–water partition coefficient (Wildman–Crippen LogP) is 1.12. The Balaban J connectivity index is 2.57. The Morgan fingerprint density at radius 3 is 3.40 bits per heavy atom. The van der Waals surface area contributed by atoms with Crippen molar-refractivity contribution in [2.75, 3.05) is 13.1 Å². The lowest BCUT2D eigenvalue weighted by molar-refractivity contribution is 0.815. The number of aliphatic imine (C=N–C) groups is 1. The average Bonchev–Trinajstić information content (AvgIpc) is 2.02. The molecule has 0 amide bonds. The molecule has 1 aliphatic rings. The molecule has 2 nitrogen and oxygen atoms in total. The van der Waals surface area contributed by atoms with Gasteiger partial charge in [0.15, 0.2) is 0 Å². The van der Waals surface area contributed by atoms with Gasteiger partial charge in [-0.1, -0.05) is 11.6 Å². The van der Waals surface area contributed by atoms with E-state index in [4.69, 9.17) is 0 Å². The van der Waals surface area contributed by atoms with Crippen LogP contribution < -0.4 is 5.32 Å². The summed E-state index contributed by atoms with van der Waals surface area (Å²) in [5, 5.41) is 3.24. The summed E-state index contributed by atoms with van der Waals surface area (Å²) in [6, 6.07) is 0. The molecule has 1 N–H and O–H groups in total.